The minimum Gasteiger partial charge on any atom is -0.313 e. The highest BCUT2D eigenvalue weighted by atomic mass is 35.5. The van der Waals surface area contributed by atoms with Crippen LogP contribution in [0.1, 0.15) is 18.1 Å². The average molecular weight is 286 g/mol. The van der Waals surface area contributed by atoms with Gasteiger partial charge in [-0.2, -0.15) is 0 Å². The number of amides is 1. The van der Waals surface area contributed by atoms with Crippen LogP contribution in [0.25, 0.3) is 0 Å². The zero-order chi connectivity index (χ0) is 14.3. The molecule has 0 aliphatic carbocycles. The summed E-state index contributed by atoms with van der Waals surface area (Å²) in [5.41, 5.74) is 2.47. The fourth-order valence-corrected chi connectivity index (χ4v) is 3.36. The van der Waals surface area contributed by atoms with Crippen molar-refractivity contribution < 1.29 is 4.79 Å². The van der Waals surface area contributed by atoms with Gasteiger partial charge in [-0.05, 0) is 30.5 Å². The lowest BCUT2D eigenvalue weighted by Crippen LogP contribution is -2.37. The van der Waals surface area contributed by atoms with Crippen LogP contribution in [-0.4, -0.2) is 13.0 Å². The number of rotatable bonds is 2. The van der Waals surface area contributed by atoms with Gasteiger partial charge in [0.15, 0.2) is 0 Å². The number of fused-ring (bicyclic) bond motifs is 1. The molecule has 0 N–H and O–H groups in total. The second kappa shape index (κ2) is 4.64. The Labute approximate surface area is 124 Å². The largest absolute Gasteiger partial charge is 0.313 e. The zero-order valence-electron chi connectivity index (χ0n) is 11.6. The molecule has 1 amide bonds. The number of anilines is 1. The Hall–Kier alpha value is -1.80. The highest BCUT2D eigenvalue weighted by Crippen LogP contribution is 2.46. The van der Waals surface area contributed by atoms with Crippen LogP contribution in [0, 0.1) is 0 Å². The lowest BCUT2D eigenvalue weighted by Gasteiger charge is -2.23. The Kier molecular flexibility index (Phi) is 3.06. The van der Waals surface area contributed by atoms with Crippen LogP contribution in [0.5, 0.6) is 0 Å². The summed E-state index contributed by atoms with van der Waals surface area (Å²) in [4.78, 5) is 14.4. The van der Waals surface area contributed by atoms with Crippen molar-refractivity contribution in [3.8, 4) is 0 Å². The average Bonchev–Trinajstić information content (AvgIpc) is 2.63. The van der Waals surface area contributed by atoms with Crippen molar-refractivity contribution in [3.05, 3.63) is 64.7 Å². The number of carbonyl (C=O) groups is 1. The first-order chi connectivity index (χ1) is 9.54. The number of benzene rings is 2. The second-order valence-electron chi connectivity index (χ2n) is 5.49. The monoisotopic (exact) mass is 285 g/mol. The first-order valence-electron chi connectivity index (χ1n) is 6.65. The number of carbonyl (C=O) groups excluding carboxylic acids is 1. The summed E-state index contributed by atoms with van der Waals surface area (Å²) in [6.07, 6.45) is 0.685. The molecule has 0 aromatic heterocycles. The Morgan fingerprint density at radius 3 is 2.50 bits per heavy atom. The van der Waals surface area contributed by atoms with Crippen molar-refractivity contribution in [2.24, 2.45) is 0 Å². The van der Waals surface area contributed by atoms with Gasteiger partial charge in [0.2, 0.25) is 5.91 Å². The topological polar surface area (TPSA) is 20.3 Å². The van der Waals surface area contributed by atoms with E-state index >= 15 is 0 Å². The highest BCUT2D eigenvalue weighted by molar-refractivity contribution is 6.35. The molecule has 1 aliphatic heterocycles. The molecule has 0 saturated heterocycles. The SMILES string of the molecule is CN1C(=O)C(C)(Cc2ccccc2)c2cccc(Cl)c21. The summed E-state index contributed by atoms with van der Waals surface area (Å²) in [5.74, 6) is 0.101. The minimum absolute atomic E-state index is 0.101. The van der Waals surface area contributed by atoms with Crippen LogP contribution in [0.4, 0.5) is 5.69 Å². The quantitative estimate of drug-likeness (QED) is 0.821. The number of likely N-dealkylation sites (N-methyl/N-ethyl adjacent to an activating group) is 1. The molecule has 0 radical (unpaired) electrons. The summed E-state index contributed by atoms with van der Waals surface area (Å²) in [6.45, 7) is 2.00. The van der Waals surface area contributed by atoms with Gasteiger partial charge in [-0.1, -0.05) is 54.1 Å². The summed E-state index contributed by atoms with van der Waals surface area (Å²) in [5, 5.41) is 0.634. The van der Waals surface area contributed by atoms with Crippen molar-refractivity contribution in [2.45, 2.75) is 18.8 Å². The van der Waals surface area contributed by atoms with E-state index in [0.29, 0.717) is 11.4 Å². The fourth-order valence-electron chi connectivity index (χ4n) is 3.06. The van der Waals surface area contributed by atoms with Crippen LogP contribution < -0.4 is 4.90 Å². The van der Waals surface area contributed by atoms with E-state index in [2.05, 4.69) is 12.1 Å². The predicted octanol–water partition coefficient (Wildman–Crippen LogP) is 3.82. The van der Waals surface area contributed by atoms with E-state index in [-0.39, 0.29) is 5.91 Å². The van der Waals surface area contributed by atoms with Gasteiger partial charge < -0.3 is 4.90 Å². The van der Waals surface area contributed by atoms with E-state index in [4.69, 9.17) is 11.6 Å². The zero-order valence-corrected chi connectivity index (χ0v) is 12.3. The Morgan fingerprint density at radius 2 is 1.80 bits per heavy atom. The van der Waals surface area contributed by atoms with E-state index in [9.17, 15) is 4.79 Å². The predicted molar refractivity (Wildman–Crippen MR) is 82.4 cm³/mol. The van der Waals surface area contributed by atoms with Crippen LogP contribution >= 0.6 is 11.6 Å². The molecule has 0 saturated carbocycles. The molecular weight excluding hydrogens is 270 g/mol. The maximum Gasteiger partial charge on any atom is 0.237 e. The first-order valence-corrected chi connectivity index (χ1v) is 7.03. The minimum atomic E-state index is -0.545. The van der Waals surface area contributed by atoms with E-state index in [1.807, 2.05) is 43.3 Å². The summed E-state index contributed by atoms with van der Waals surface area (Å²) < 4.78 is 0. The van der Waals surface area contributed by atoms with E-state index in [1.165, 1.54) is 0 Å². The smallest absolute Gasteiger partial charge is 0.237 e. The number of hydrogen-bond acceptors (Lipinski definition) is 1. The molecule has 2 aromatic rings. The van der Waals surface area contributed by atoms with Gasteiger partial charge in [0.25, 0.3) is 0 Å². The Morgan fingerprint density at radius 1 is 1.10 bits per heavy atom. The molecule has 1 unspecified atom stereocenters. The molecule has 0 spiro atoms. The van der Waals surface area contributed by atoms with Crippen molar-refractivity contribution in [1.82, 2.24) is 0 Å². The van der Waals surface area contributed by atoms with Crippen LogP contribution in [0.15, 0.2) is 48.5 Å². The molecule has 20 heavy (non-hydrogen) atoms. The number of halogens is 1. The third kappa shape index (κ3) is 1.83. The van der Waals surface area contributed by atoms with Crippen molar-refractivity contribution in [3.63, 3.8) is 0 Å². The van der Waals surface area contributed by atoms with Gasteiger partial charge in [-0.25, -0.2) is 0 Å². The Balaban J connectivity index is 2.10. The van der Waals surface area contributed by atoms with Gasteiger partial charge in [-0.15, -0.1) is 0 Å². The lowest BCUT2D eigenvalue weighted by atomic mass is 9.78. The van der Waals surface area contributed by atoms with Crippen molar-refractivity contribution in [2.75, 3.05) is 11.9 Å². The molecule has 3 heteroatoms. The third-order valence-electron chi connectivity index (χ3n) is 4.09. The molecule has 0 bridgehead atoms. The molecule has 1 atom stereocenters. The molecule has 0 fully saturated rings. The van der Waals surface area contributed by atoms with Crippen LogP contribution in [-0.2, 0) is 16.6 Å². The Bertz CT molecular complexity index is 668. The highest BCUT2D eigenvalue weighted by Gasteiger charge is 2.46. The molecule has 2 aromatic carbocycles. The normalized spacial score (nSPS) is 21.1. The van der Waals surface area contributed by atoms with Crippen molar-refractivity contribution >= 4 is 23.2 Å². The van der Waals surface area contributed by atoms with Crippen LogP contribution in [0.3, 0.4) is 0 Å². The maximum atomic E-state index is 12.7. The van der Waals surface area contributed by atoms with Gasteiger partial charge in [0, 0.05) is 7.05 Å². The number of hydrogen-bond donors (Lipinski definition) is 0. The molecule has 1 heterocycles. The maximum absolute atomic E-state index is 12.7. The lowest BCUT2D eigenvalue weighted by molar-refractivity contribution is -0.122. The van der Waals surface area contributed by atoms with Crippen molar-refractivity contribution in [1.29, 1.82) is 0 Å². The molecule has 102 valence electrons. The second-order valence-corrected chi connectivity index (χ2v) is 5.90. The molecule has 3 rings (SSSR count). The molecular formula is C17H16ClNO. The number of para-hydroxylation sites is 1. The molecule has 1 aliphatic rings. The summed E-state index contributed by atoms with van der Waals surface area (Å²) >= 11 is 6.27. The van der Waals surface area contributed by atoms with Gasteiger partial charge >= 0.3 is 0 Å². The summed E-state index contributed by atoms with van der Waals surface area (Å²) in [7, 11) is 1.79. The van der Waals surface area contributed by atoms with Gasteiger partial charge in [-0.3, -0.25) is 4.79 Å². The van der Waals surface area contributed by atoms with E-state index in [1.54, 1.807) is 11.9 Å². The van der Waals surface area contributed by atoms with Gasteiger partial charge in [0.1, 0.15) is 0 Å². The summed E-state index contributed by atoms with van der Waals surface area (Å²) in [6, 6.07) is 15.9. The van der Waals surface area contributed by atoms with E-state index in [0.717, 1.165) is 16.8 Å². The first kappa shape index (κ1) is 13.2. The van der Waals surface area contributed by atoms with Crippen LogP contribution in [0.2, 0.25) is 5.02 Å². The standard InChI is InChI=1S/C17H16ClNO/c1-17(11-12-7-4-3-5-8-12)13-9-6-10-14(18)15(13)19(2)16(17)20/h3-10H,11H2,1-2H3. The fraction of sp³-hybridized carbons (Fsp3) is 0.235. The van der Waals surface area contributed by atoms with Gasteiger partial charge in [0.05, 0.1) is 16.1 Å². The molecule has 2 nitrogen and oxygen atoms in total. The number of nitrogens with zero attached hydrogens (tertiary/aromatic N) is 1. The van der Waals surface area contributed by atoms with E-state index < -0.39 is 5.41 Å². The third-order valence-corrected chi connectivity index (χ3v) is 4.40.